The summed E-state index contributed by atoms with van der Waals surface area (Å²) in [7, 11) is 1.56. The van der Waals surface area contributed by atoms with Crippen molar-refractivity contribution in [1.29, 1.82) is 0 Å². The molecule has 0 atom stereocenters. The van der Waals surface area contributed by atoms with E-state index < -0.39 is 0 Å². The average Bonchev–Trinajstić information content (AvgIpc) is 3.00. The zero-order valence-electron chi connectivity index (χ0n) is 9.77. The number of urea groups is 1. The van der Waals surface area contributed by atoms with Crippen molar-refractivity contribution < 1.29 is 9.53 Å². The molecular formula is C10H13N5O2S. The Bertz CT molecular complexity index is 496. The number of carbonyl (C=O) groups excluding carboxylic acids is 1. The van der Waals surface area contributed by atoms with Crippen molar-refractivity contribution >= 4 is 22.5 Å². The van der Waals surface area contributed by atoms with Gasteiger partial charge in [0.2, 0.25) is 0 Å². The Labute approximate surface area is 108 Å². The molecule has 0 aromatic carbocycles. The van der Waals surface area contributed by atoms with Gasteiger partial charge in [-0.1, -0.05) is 11.3 Å². The number of rotatable bonds is 5. The maximum atomic E-state index is 11.5. The summed E-state index contributed by atoms with van der Waals surface area (Å²) in [4.78, 5) is 15.5. The maximum absolute atomic E-state index is 11.5. The zero-order valence-corrected chi connectivity index (χ0v) is 10.6. The number of hydrogen-bond acceptors (Lipinski definition) is 5. The third-order valence-corrected chi connectivity index (χ3v) is 3.03. The molecule has 0 aliphatic rings. The van der Waals surface area contributed by atoms with E-state index in [2.05, 4.69) is 25.8 Å². The number of amides is 2. The molecule has 2 aromatic heterocycles. The van der Waals surface area contributed by atoms with Crippen LogP contribution in [0.15, 0.2) is 18.6 Å². The van der Waals surface area contributed by atoms with Crippen LogP contribution in [0.1, 0.15) is 5.56 Å². The van der Waals surface area contributed by atoms with Gasteiger partial charge < -0.3 is 10.1 Å². The summed E-state index contributed by atoms with van der Waals surface area (Å²) >= 11 is 1.27. The smallest absolute Gasteiger partial charge is 0.321 e. The molecule has 0 aliphatic heterocycles. The van der Waals surface area contributed by atoms with Gasteiger partial charge in [-0.2, -0.15) is 5.10 Å². The highest BCUT2D eigenvalue weighted by molar-refractivity contribution is 7.17. The van der Waals surface area contributed by atoms with Crippen molar-refractivity contribution in [3.8, 4) is 5.06 Å². The Morgan fingerprint density at radius 1 is 1.56 bits per heavy atom. The molecule has 96 valence electrons. The van der Waals surface area contributed by atoms with Gasteiger partial charge in [0.05, 0.1) is 19.5 Å². The second-order valence-corrected chi connectivity index (χ2v) is 4.42. The summed E-state index contributed by atoms with van der Waals surface area (Å²) in [6.07, 6.45) is 5.81. The molecule has 0 unspecified atom stereocenters. The van der Waals surface area contributed by atoms with Crippen molar-refractivity contribution in [2.45, 2.75) is 6.42 Å². The molecule has 2 rings (SSSR count). The highest BCUT2D eigenvalue weighted by atomic mass is 32.1. The van der Waals surface area contributed by atoms with E-state index in [-0.39, 0.29) is 6.03 Å². The summed E-state index contributed by atoms with van der Waals surface area (Å²) in [5, 5.41) is 13.1. The summed E-state index contributed by atoms with van der Waals surface area (Å²) in [6, 6.07) is -0.282. The number of H-pyrrole nitrogens is 1. The fourth-order valence-electron chi connectivity index (χ4n) is 1.29. The van der Waals surface area contributed by atoms with Gasteiger partial charge in [-0.05, 0) is 12.0 Å². The highest BCUT2D eigenvalue weighted by Crippen LogP contribution is 2.24. The fraction of sp³-hybridized carbons (Fsp3) is 0.300. The summed E-state index contributed by atoms with van der Waals surface area (Å²) in [6.45, 7) is 0.536. The number of aromatic amines is 1. The molecule has 0 bridgehead atoms. The number of nitrogens with zero attached hydrogens (tertiary/aromatic N) is 2. The number of thiazole rings is 1. The molecular weight excluding hydrogens is 254 g/mol. The topological polar surface area (TPSA) is 91.9 Å². The van der Waals surface area contributed by atoms with Crippen LogP contribution in [0.4, 0.5) is 9.93 Å². The van der Waals surface area contributed by atoms with Crippen molar-refractivity contribution in [2.24, 2.45) is 0 Å². The lowest BCUT2D eigenvalue weighted by molar-refractivity contribution is 0.252. The lowest BCUT2D eigenvalue weighted by atomic mass is 10.2. The van der Waals surface area contributed by atoms with Crippen LogP contribution in [0.3, 0.4) is 0 Å². The van der Waals surface area contributed by atoms with Crippen LogP contribution in [0, 0.1) is 0 Å². The van der Waals surface area contributed by atoms with E-state index in [4.69, 9.17) is 4.74 Å². The first-order chi connectivity index (χ1) is 8.78. The quantitative estimate of drug-likeness (QED) is 0.760. The minimum absolute atomic E-state index is 0.282. The van der Waals surface area contributed by atoms with E-state index in [9.17, 15) is 4.79 Å². The third-order valence-electron chi connectivity index (χ3n) is 2.16. The molecule has 0 radical (unpaired) electrons. The monoisotopic (exact) mass is 267 g/mol. The minimum Gasteiger partial charge on any atom is -0.486 e. The number of nitrogens with one attached hydrogen (secondary N) is 3. The van der Waals surface area contributed by atoms with Crippen LogP contribution in [0.25, 0.3) is 0 Å². The van der Waals surface area contributed by atoms with Gasteiger partial charge in [0.25, 0.3) is 0 Å². The number of carbonyl (C=O) groups is 1. The molecule has 0 saturated heterocycles. The molecule has 3 N–H and O–H groups in total. The lowest BCUT2D eigenvalue weighted by Crippen LogP contribution is -2.30. The Hall–Kier alpha value is -2.09. The first-order valence-corrected chi connectivity index (χ1v) is 6.12. The number of anilines is 1. The molecule has 0 saturated carbocycles. The van der Waals surface area contributed by atoms with Crippen LogP contribution < -0.4 is 15.4 Å². The first-order valence-electron chi connectivity index (χ1n) is 5.30. The predicted octanol–water partition coefficient (Wildman–Crippen LogP) is 1.24. The normalized spacial score (nSPS) is 10.1. The maximum Gasteiger partial charge on any atom is 0.321 e. The largest absolute Gasteiger partial charge is 0.486 e. The van der Waals surface area contributed by atoms with E-state index in [1.54, 1.807) is 25.7 Å². The van der Waals surface area contributed by atoms with Crippen molar-refractivity contribution in [2.75, 3.05) is 19.0 Å². The number of aromatic nitrogens is 3. The van der Waals surface area contributed by atoms with Crippen molar-refractivity contribution in [3.05, 3.63) is 24.2 Å². The number of ether oxygens (including phenoxy) is 1. The SMILES string of the molecule is COc1cnc(NC(=O)NCCc2cn[nH]c2)s1. The molecule has 18 heavy (non-hydrogen) atoms. The number of hydrogen-bond donors (Lipinski definition) is 3. The minimum atomic E-state index is -0.282. The first kappa shape index (κ1) is 12.4. The number of methoxy groups -OCH3 is 1. The Kier molecular flexibility index (Phi) is 4.13. The van der Waals surface area contributed by atoms with Crippen LogP contribution in [0.5, 0.6) is 5.06 Å². The van der Waals surface area contributed by atoms with Gasteiger partial charge in [-0.3, -0.25) is 10.4 Å². The standard InChI is InChI=1S/C10H13N5O2S/c1-17-8-6-12-10(18-8)15-9(16)11-3-2-7-4-13-14-5-7/h4-6H,2-3H2,1H3,(H,13,14)(H2,11,12,15,16). The summed E-state index contributed by atoms with van der Waals surface area (Å²) < 4.78 is 4.98. The molecule has 2 heterocycles. The average molecular weight is 267 g/mol. The van der Waals surface area contributed by atoms with Gasteiger partial charge >= 0.3 is 6.03 Å². The van der Waals surface area contributed by atoms with E-state index in [1.165, 1.54) is 11.3 Å². The third kappa shape index (κ3) is 3.45. The zero-order chi connectivity index (χ0) is 12.8. The second-order valence-electron chi connectivity index (χ2n) is 3.43. The van der Waals surface area contributed by atoms with E-state index >= 15 is 0 Å². The van der Waals surface area contributed by atoms with E-state index in [0.717, 1.165) is 12.0 Å². The van der Waals surface area contributed by atoms with E-state index in [1.807, 2.05) is 0 Å². The lowest BCUT2D eigenvalue weighted by Gasteiger charge is -2.03. The van der Waals surface area contributed by atoms with Crippen molar-refractivity contribution in [1.82, 2.24) is 20.5 Å². The molecule has 2 aromatic rings. The van der Waals surface area contributed by atoms with Gasteiger partial charge in [-0.25, -0.2) is 9.78 Å². The van der Waals surface area contributed by atoms with Crippen LogP contribution in [0.2, 0.25) is 0 Å². The molecule has 7 nitrogen and oxygen atoms in total. The van der Waals surface area contributed by atoms with Crippen LogP contribution in [-0.2, 0) is 6.42 Å². The van der Waals surface area contributed by atoms with Crippen molar-refractivity contribution in [3.63, 3.8) is 0 Å². The Balaban J connectivity index is 1.71. The predicted molar refractivity (Wildman–Crippen MR) is 68.0 cm³/mol. The Morgan fingerprint density at radius 3 is 3.11 bits per heavy atom. The van der Waals surface area contributed by atoms with Crippen LogP contribution in [-0.4, -0.2) is 34.9 Å². The molecule has 8 heteroatoms. The molecule has 2 amide bonds. The van der Waals surface area contributed by atoms with Gasteiger partial charge in [0.1, 0.15) is 0 Å². The van der Waals surface area contributed by atoms with Gasteiger partial charge in [0, 0.05) is 12.7 Å². The van der Waals surface area contributed by atoms with Gasteiger partial charge in [-0.15, -0.1) is 0 Å². The molecule has 0 spiro atoms. The molecule has 0 aliphatic carbocycles. The van der Waals surface area contributed by atoms with E-state index in [0.29, 0.717) is 16.7 Å². The van der Waals surface area contributed by atoms with Crippen LogP contribution >= 0.6 is 11.3 Å². The summed E-state index contributed by atoms with van der Waals surface area (Å²) in [5.41, 5.74) is 1.05. The Morgan fingerprint density at radius 2 is 2.44 bits per heavy atom. The summed E-state index contributed by atoms with van der Waals surface area (Å²) in [5.74, 6) is 0. The van der Waals surface area contributed by atoms with Gasteiger partial charge in [0.15, 0.2) is 10.2 Å². The fourth-order valence-corrected chi connectivity index (χ4v) is 1.92. The molecule has 0 fully saturated rings. The highest BCUT2D eigenvalue weighted by Gasteiger charge is 2.06. The second kappa shape index (κ2) is 6.01.